The number of ether oxygens (including phenoxy) is 1. The fraction of sp³-hybridized carbons (Fsp3) is 0.318. The summed E-state index contributed by atoms with van der Waals surface area (Å²) >= 11 is 6.07. The molecule has 0 radical (unpaired) electrons. The van der Waals surface area contributed by atoms with Crippen LogP contribution < -0.4 is 0 Å². The zero-order valence-corrected chi connectivity index (χ0v) is 16.3. The number of hydrogen-bond donors (Lipinski definition) is 0. The van der Waals surface area contributed by atoms with Crippen molar-refractivity contribution in [1.82, 2.24) is 14.7 Å². The molecule has 0 N–H and O–H groups in total. The lowest BCUT2D eigenvalue weighted by Gasteiger charge is -2.19. The van der Waals surface area contributed by atoms with Crippen LogP contribution in [0.3, 0.4) is 0 Å². The molecule has 0 spiro atoms. The third-order valence-corrected chi connectivity index (χ3v) is 5.21. The molecular weight excluding hydrogens is 358 g/mol. The summed E-state index contributed by atoms with van der Waals surface area (Å²) in [6.45, 7) is 3.65. The summed E-state index contributed by atoms with van der Waals surface area (Å²) in [6, 6.07) is 18.1. The average Bonchev–Trinajstić information content (AvgIpc) is 3.33. The van der Waals surface area contributed by atoms with Crippen molar-refractivity contribution in [3.05, 3.63) is 71.4 Å². The maximum atomic E-state index is 6.07. The molecule has 1 aliphatic heterocycles. The van der Waals surface area contributed by atoms with Gasteiger partial charge in [0.2, 0.25) is 0 Å². The summed E-state index contributed by atoms with van der Waals surface area (Å²) in [4.78, 5) is 2.37. The first-order valence-electron chi connectivity index (χ1n) is 9.35. The van der Waals surface area contributed by atoms with Crippen molar-refractivity contribution in [3.63, 3.8) is 0 Å². The van der Waals surface area contributed by atoms with Gasteiger partial charge in [-0.1, -0.05) is 41.9 Å². The van der Waals surface area contributed by atoms with Crippen LogP contribution in [-0.2, 0) is 11.3 Å². The predicted octanol–water partition coefficient (Wildman–Crippen LogP) is 4.66. The predicted molar refractivity (Wildman–Crippen MR) is 109 cm³/mol. The highest BCUT2D eigenvalue weighted by Gasteiger charge is 2.19. The lowest BCUT2D eigenvalue weighted by molar-refractivity contribution is 0.173. The molecule has 5 heteroatoms. The third kappa shape index (κ3) is 4.41. The molecular formula is C22H24ClN3O. The van der Waals surface area contributed by atoms with E-state index in [0.717, 1.165) is 54.7 Å². The highest BCUT2D eigenvalue weighted by Crippen LogP contribution is 2.26. The molecule has 2 heterocycles. The van der Waals surface area contributed by atoms with E-state index in [1.165, 1.54) is 5.56 Å². The van der Waals surface area contributed by atoms with E-state index in [9.17, 15) is 0 Å². The van der Waals surface area contributed by atoms with Crippen molar-refractivity contribution < 1.29 is 4.74 Å². The molecule has 0 saturated carbocycles. The van der Waals surface area contributed by atoms with Crippen molar-refractivity contribution in [1.29, 1.82) is 0 Å². The van der Waals surface area contributed by atoms with Crippen molar-refractivity contribution >= 4 is 11.6 Å². The van der Waals surface area contributed by atoms with Crippen LogP contribution in [-0.4, -0.2) is 41.5 Å². The smallest absolute Gasteiger partial charge is 0.0972 e. The third-order valence-electron chi connectivity index (χ3n) is 4.96. The van der Waals surface area contributed by atoms with Gasteiger partial charge < -0.3 is 9.64 Å². The van der Waals surface area contributed by atoms with Gasteiger partial charge in [0.05, 0.1) is 18.0 Å². The minimum absolute atomic E-state index is 0.623. The van der Waals surface area contributed by atoms with Gasteiger partial charge in [-0.15, -0.1) is 0 Å². The Hall–Kier alpha value is -2.14. The van der Waals surface area contributed by atoms with Gasteiger partial charge in [0.1, 0.15) is 0 Å². The summed E-state index contributed by atoms with van der Waals surface area (Å²) in [7, 11) is 2.17. The Bertz CT molecular complexity index is 870. The molecule has 1 aliphatic rings. The van der Waals surface area contributed by atoms with Crippen LogP contribution in [0.25, 0.3) is 16.9 Å². The van der Waals surface area contributed by atoms with Crippen LogP contribution in [0.2, 0.25) is 5.02 Å². The molecule has 0 aliphatic carbocycles. The molecule has 3 aromatic rings. The van der Waals surface area contributed by atoms with E-state index in [1.807, 2.05) is 47.1 Å². The second kappa shape index (κ2) is 8.26. The molecule has 4 nitrogen and oxygen atoms in total. The van der Waals surface area contributed by atoms with Crippen molar-refractivity contribution in [2.75, 3.05) is 26.8 Å². The second-order valence-electron chi connectivity index (χ2n) is 7.22. The van der Waals surface area contributed by atoms with Gasteiger partial charge in [0, 0.05) is 42.0 Å². The molecule has 4 rings (SSSR count). The van der Waals surface area contributed by atoms with Crippen LogP contribution in [0.5, 0.6) is 0 Å². The van der Waals surface area contributed by atoms with Crippen molar-refractivity contribution in [3.8, 4) is 16.9 Å². The molecule has 1 saturated heterocycles. The molecule has 1 aromatic heterocycles. The Labute approximate surface area is 165 Å². The maximum absolute atomic E-state index is 6.07. The standard InChI is InChI=1S/C22H24ClN3O/c1-25(13-17-11-12-27-16-17)14-19-15-26(21-5-3-2-4-6-21)24-22(19)18-7-9-20(23)10-8-18/h2-10,15,17H,11-14,16H2,1H3. The van der Waals surface area contributed by atoms with E-state index in [0.29, 0.717) is 5.92 Å². The monoisotopic (exact) mass is 381 g/mol. The van der Waals surface area contributed by atoms with E-state index in [-0.39, 0.29) is 0 Å². The molecule has 1 atom stereocenters. The van der Waals surface area contributed by atoms with E-state index >= 15 is 0 Å². The average molecular weight is 382 g/mol. The SMILES string of the molecule is CN(Cc1cn(-c2ccccc2)nc1-c1ccc(Cl)cc1)CC1CCOC1. The topological polar surface area (TPSA) is 30.3 Å². The van der Waals surface area contributed by atoms with Gasteiger partial charge in [0.25, 0.3) is 0 Å². The highest BCUT2D eigenvalue weighted by atomic mass is 35.5. The summed E-state index contributed by atoms with van der Waals surface area (Å²) in [5.41, 5.74) is 4.36. The molecule has 2 aromatic carbocycles. The minimum atomic E-state index is 0.623. The first-order valence-corrected chi connectivity index (χ1v) is 9.73. The molecule has 1 fully saturated rings. The molecule has 27 heavy (non-hydrogen) atoms. The van der Waals surface area contributed by atoms with Crippen LogP contribution in [0.4, 0.5) is 0 Å². The number of halogens is 1. The number of para-hydroxylation sites is 1. The second-order valence-corrected chi connectivity index (χ2v) is 7.65. The summed E-state index contributed by atoms with van der Waals surface area (Å²) in [5.74, 6) is 0.623. The van der Waals surface area contributed by atoms with E-state index in [1.54, 1.807) is 0 Å². The summed E-state index contributed by atoms with van der Waals surface area (Å²) in [5, 5.41) is 5.62. The lowest BCUT2D eigenvalue weighted by Crippen LogP contribution is -2.25. The zero-order valence-electron chi connectivity index (χ0n) is 15.5. The number of nitrogens with zero attached hydrogens (tertiary/aromatic N) is 3. The normalized spacial score (nSPS) is 16.9. The van der Waals surface area contributed by atoms with Crippen LogP contribution in [0, 0.1) is 5.92 Å². The van der Waals surface area contributed by atoms with Crippen LogP contribution >= 0.6 is 11.6 Å². The Morgan fingerprint density at radius 3 is 2.63 bits per heavy atom. The van der Waals surface area contributed by atoms with Gasteiger partial charge in [0.15, 0.2) is 0 Å². The van der Waals surface area contributed by atoms with Gasteiger partial charge in [-0.25, -0.2) is 4.68 Å². The number of benzene rings is 2. The largest absolute Gasteiger partial charge is 0.381 e. The van der Waals surface area contributed by atoms with Gasteiger partial charge in [-0.2, -0.15) is 5.10 Å². The van der Waals surface area contributed by atoms with E-state index in [4.69, 9.17) is 21.4 Å². The quantitative estimate of drug-likeness (QED) is 0.622. The molecule has 140 valence electrons. The number of hydrogen-bond acceptors (Lipinski definition) is 3. The van der Waals surface area contributed by atoms with Crippen LogP contribution in [0.15, 0.2) is 60.8 Å². The lowest BCUT2D eigenvalue weighted by atomic mass is 10.1. The molecule has 0 amide bonds. The molecule has 1 unspecified atom stereocenters. The van der Waals surface area contributed by atoms with E-state index < -0.39 is 0 Å². The van der Waals surface area contributed by atoms with Gasteiger partial charge >= 0.3 is 0 Å². The Morgan fingerprint density at radius 2 is 1.93 bits per heavy atom. The van der Waals surface area contributed by atoms with Gasteiger partial charge in [-0.05, 0) is 43.7 Å². The maximum Gasteiger partial charge on any atom is 0.0972 e. The fourth-order valence-electron chi connectivity index (χ4n) is 3.61. The van der Waals surface area contributed by atoms with E-state index in [2.05, 4.69) is 30.3 Å². The number of aromatic nitrogens is 2. The summed E-state index contributed by atoms with van der Waals surface area (Å²) in [6.07, 6.45) is 3.29. The first-order chi connectivity index (χ1) is 13.2. The molecule has 0 bridgehead atoms. The first kappa shape index (κ1) is 18.2. The zero-order chi connectivity index (χ0) is 18.6. The Balaban J connectivity index is 1.63. The van der Waals surface area contributed by atoms with Crippen molar-refractivity contribution in [2.24, 2.45) is 5.92 Å². The highest BCUT2D eigenvalue weighted by molar-refractivity contribution is 6.30. The fourth-order valence-corrected chi connectivity index (χ4v) is 3.74. The van der Waals surface area contributed by atoms with Crippen molar-refractivity contribution in [2.45, 2.75) is 13.0 Å². The number of rotatable bonds is 6. The van der Waals surface area contributed by atoms with Gasteiger partial charge in [-0.3, -0.25) is 0 Å². The Morgan fingerprint density at radius 1 is 1.15 bits per heavy atom. The Kier molecular flexibility index (Phi) is 5.58. The summed E-state index contributed by atoms with van der Waals surface area (Å²) < 4.78 is 7.48. The minimum Gasteiger partial charge on any atom is -0.381 e. The van der Waals surface area contributed by atoms with Crippen LogP contribution in [0.1, 0.15) is 12.0 Å².